The van der Waals surface area contributed by atoms with Gasteiger partial charge in [-0.2, -0.15) is 0 Å². The Balaban J connectivity index is 1.86. The minimum absolute atomic E-state index is 0.0648. The van der Waals surface area contributed by atoms with Crippen LogP contribution >= 0.6 is 28.1 Å². The summed E-state index contributed by atoms with van der Waals surface area (Å²) in [5.74, 6) is 0.429. The van der Waals surface area contributed by atoms with Crippen LogP contribution in [0.4, 0.5) is 5.69 Å². The van der Waals surface area contributed by atoms with E-state index in [2.05, 4.69) is 47.3 Å². The SMILES string of the molecule is Cc1cc(NC(=S)NC(=O)COc2ccc(C(C)(C)C)cc2)cc(Br)c1O. The maximum atomic E-state index is 12.0. The van der Waals surface area contributed by atoms with E-state index in [9.17, 15) is 9.90 Å². The van der Waals surface area contributed by atoms with Gasteiger partial charge >= 0.3 is 0 Å². The van der Waals surface area contributed by atoms with Crippen molar-refractivity contribution in [1.82, 2.24) is 5.32 Å². The Morgan fingerprint density at radius 3 is 2.41 bits per heavy atom. The number of aryl methyl sites for hydroxylation is 1. The zero-order valence-corrected chi connectivity index (χ0v) is 18.1. The van der Waals surface area contributed by atoms with Gasteiger partial charge in [0.1, 0.15) is 11.5 Å². The molecular weight excluding hydrogens is 428 g/mol. The highest BCUT2D eigenvalue weighted by atomic mass is 79.9. The molecule has 0 aliphatic heterocycles. The number of carbonyl (C=O) groups excluding carboxylic acids is 1. The van der Waals surface area contributed by atoms with Gasteiger partial charge in [0.15, 0.2) is 11.7 Å². The number of thiocarbonyl (C=S) groups is 1. The topological polar surface area (TPSA) is 70.6 Å². The van der Waals surface area contributed by atoms with E-state index in [1.165, 1.54) is 5.56 Å². The second kappa shape index (κ2) is 8.71. The van der Waals surface area contributed by atoms with Crippen molar-refractivity contribution >= 4 is 44.9 Å². The van der Waals surface area contributed by atoms with E-state index in [0.29, 0.717) is 21.5 Å². The van der Waals surface area contributed by atoms with Crippen LogP contribution in [0.2, 0.25) is 0 Å². The fourth-order valence-corrected chi connectivity index (χ4v) is 3.12. The Morgan fingerprint density at radius 2 is 1.85 bits per heavy atom. The Morgan fingerprint density at radius 1 is 1.22 bits per heavy atom. The molecule has 27 heavy (non-hydrogen) atoms. The number of rotatable bonds is 4. The Hall–Kier alpha value is -2.12. The molecule has 0 aliphatic carbocycles. The fourth-order valence-electron chi connectivity index (χ4n) is 2.33. The second-order valence-electron chi connectivity index (χ2n) is 7.19. The van der Waals surface area contributed by atoms with Crippen molar-refractivity contribution in [2.24, 2.45) is 0 Å². The van der Waals surface area contributed by atoms with E-state index in [4.69, 9.17) is 17.0 Å². The van der Waals surface area contributed by atoms with Gasteiger partial charge in [-0.1, -0.05) is 32.9 Å². The molecule has 0 saturated heterocycles. The van der Waals surface area contributed by atoms with Crippen LogP contribution in [0.3, 0.4) is 0 Å². The number of halogens is 1. The number of benzene rings is 2. The van der Waals surface area contributed by atoms with E-state index in [-0.39, 0.29) is 28.8 Å². The summed E-state index contributed by atoms with van der Waals surface area (Å²) in [6.45, 7) is 8.04. The van der Waals surface area contributed by atoms with Crippen LogP contribution in [0.1, 0.15) is 31.9 Å². The molecule has 0 fully saturated rings. The molecule has 2 aromatic carbocycles. The molecule has 3 N–H and O–H groups in total. The number of ether oxygens (including phenoxy) is 1. The summed E-state index contributed by atoms with van der Waals surface area (Å²) in [5, 5.41) is 15.4. The van der Waals surface area contributed by atoms with Gasteiger partial charge in [-0.05, 0) is 75.9 Å². The smallest absolute Gasteiger partial charge is 0.264 e. The van der Waals surface area contributed by atoms with Gasteiger partial charge in [0, 0.05) is 5.69 Å². The van der Waals surface area contributed by atoms with Crippen molar-refractivity contribution in [3.05, 3.63) is 52.0 Å². The molecule has 5 nitrogen and oxygen atoms in total. The first-order valence-electron chi connectivity index (χ1n) is 8.39. The zero-order valence-electron chi connectivity index (χ0n) is 15.7. The van der Waals surface area contributed by atoms with Gasteiger partial charge in [-0.3, -0.25) is 10.1 Å². The Labute approximate surface area is 173 Å². The molecule has 0 heterocycles. The average Bonchev–Trinajstić information content (AvgIpc) is 2.57. The summed E-state index contributed by atoms with van der Waals surface area (Å²) in [6.07, 6.45) is 0. The lowest BCUT2D eigenvalue weighted by molar-refractivity contribution is -0.121. The summed E-state index contributed by atoms with van der Waals surface area (Å²) in [4.78, 5) is 12.0. The van der Waals surface area contributed by atoms with Crippen LogP contribution in [0.5, 0.6) is 11.5 Å². The molecule has 2 rings (SSSR count). The van der Waals surface area contributed by atoms with Crippen LogP contribution in [-0.4, -0.2) is 22.7 Å². The van der Waals surface area contributed by atoms with Gasteiger partial charge in [0.2, 0.25) is 0 Å². The van der Waals surface area contributed by atoms with Crippen molar-refractivity contribution < 1.29 is 14.6 Å². The first-order valence-corrected chi connectivity index (χ1v) is 9.59. The number of aromatic hydroxyl groups is 1. The molecule has 0 radical (unpaired) electrons. The zero-order chi connectivity index (χ0) is 20.2. The largest absolute Gasteiger partial charge is 0.506 e. The van der Waals surface area contributed by atoms with E-state index in [0.717, 1.165) is 0 Å². The molecule has 0 aliphatic rings. The van der Waals surface area contributed by atoms with Crippen molar-refractivity contribution in [2.75, 3.05) is 11.9 Å². The van der Waals surface area contributed by atoms with Crippen molar-refractivity contribution in [3.8, 4) is 11.5 Å². The quantitative estimate of drug-likeness (QED) is 0.466. The van der Waals surface area contributed by atoms with Crippen LogP contribution in [0.25, 0.3) is 0 Å². The predicted octanol–water partition coefficient (Wildman–Crippen LogP) is 4.65. The number of phenols is 1. The molecule has 0 spiro atoms. The highest BCUT2D eigenvalue weighted by Gasteiger charge is 2.13. The van der Waals surface area contributed by atoms with Crippen LogP contribution in [0.15, 0.2) is 40.9 Å². The van der Waals surface area contributed by atoms with Crippen LogP contribution < -0.4 is 15.4 Å². The third-order valence-electron chi connectivity index (χ3n) is 3.86. The maximum Gasteiger partial charge on any atom is 0.264 e. The maximum absolute atomic E-state index is 12.0. The van der Waals surface area contributed by atoms with E-state index in [1.807, 2.05) is 24.3 Å². The monoisotopic (exact) mass is 450 g/mol. The number of hydrogen-bond donors (Lipinski definition) is 3. The number of nitrogens with one attached hydrogen (secondary N) is 2. The molecule has 0 saturated carbocycles. The number of hydrogen-bond acceptors (Lipinski definition) is 4. The molecule has 0 aromatic heterocycles. The molecule has 1 amide bonds. The first-order chi connectivity index (χ1) is 12.6. The van der Waals surface area contributed by atoms with Gasteiger partial charge in [0.25, 0.3) is 5.91 Å². The molecular formula is C20H23BrN2O3S. The molecule has 144 valence electrons. The second-order valence-corrected chi connectivity index (χ2v) is 8.45. The fraction of sp³-hybridized carbons (Fsp3) is 0.300. The van der Waals surface area contributed by atoms with Crippen LogP contribution in [-0.2, 0) is 10.2 Å². The van der Waals surface area contributed by atoms with E-state index >= 15 is 0 Å². The molecule has 0 bridgehead atoms. The minimum Gasteiger partial charge on any atom is -0.506 e. The average molecular weight is 451 g/mol. The third kappa shape index (κ3) is 6.22. The molecule has 7 heteroatoms. The highest BCUT2D eigenvalue weighted by Crippen LogP contribution is 2.30. The minimum atomic E-state index is -0.359. The first kappa shape index (κ1) is 21.2. The van der Waals surface area contributed by atoms with E-state index < -0.39 is 0 Å². The van der Waals surface area contributed by atoms with Gasteiger partial charge < -0.3 is 15.2 Å². The number of phenolic OH excluding ortho intramolecular Hbond substituents is 1. The van der Waals surface area contributed by atoms with E-state index in [1.54, 1.807) is 19.1 Å². The summed E-state index contributed by atoms with van der Waals surface area (Å²) in [5.41, 5.74) is 2.60. The summed E-state index contributed by atoms with van der Waals surface area (Å²) >= 11 is 8.41. The Bertz CT molecular complexity index is 822. The van der Waals surface area contributed by atoms with Gasteiger partial charge in [-0.15, -0.1) is 0 Å². The lowest BCUT2D eigenvalue weighted by Gasteiger charge is -2.19. The molecule has 2 aromatic rings. The van der Waals surface area contributed by atoms with Crippen molar-refractivity contribution in [2.45, 2.75) is 33.1 Å². The Kier molecular flexibility index (Phi) is 6.84. The number of amides is 1. The number of anilines is 1. The normalized spacial score (nSPS) is 11.0. The van der Waals surface area contributed by atoms with Crippen molar-refractivity contribution in [3.63, 3.8) is 0 Å². The standard InChI is InChI=1S/C20H23BrN2O3S/c1-12-9-14(10-16(21)18(12)25)22-19(27)23-17(24)11-26-15-7-5-13(6-8-15)20(2,3)4/h5-10,25H,11H2,1-4H3,(H2,22,23,24,27). The van der Waals surface area contributed by atoms with Crippen molar-refractivity contribution in [1.29, 1.82) is 0 Å². The highest BCUT2D eigenvalue weighted by molar-refractivity contribution is 9.10. The summed E-state index contributed by atoms with van der Waals surface area (Å²) < 4.78 is 6.04. The summed E-state index contributed by atoms with van der Waals surface area (Å²) in [7, 11) is 0. The lowest BCUT2D eigenvalue weighted by Crippen LogP contribution is -2.37. The lowest BCUT2D eigenvalue weighted by atomic mass is 9.87. The van der Waals surface area contributed by atoms with Crippen LogP contribution in [0, 0.1) is 6.92 Å². The van der Waals surface area contributed by atoms with Gasteiger partial charge in [-0.25, -0.2) is 0 Å². The summed E-state index contributed by atoms with van der Waals surface area (Å²) in [6, 6.07) is 11.1. The molecule has 0 unspecified atom stereocenters. The predicted molar refractivity (Wildman–Crippen MR) is 116 cm³/mol. The molecule has 0 atom stereocenters. The number of carbonyl (C=O) groups is 1. The third-order valence-corrected chi connectivity index (χ3v) is 4.66. The van der Waals surface area contributed by atoms with Gasteiger partial charge in [0.05, 0.1) is 4.47 Å².